The van der Waals surface area contributed by atoms with Crippen molar-refractivity contribution in [2.75, 3.05) is 26.0 Å². The van der Waals surface area contributed by atoms with Gasteiger partial charge < -0.3 is 10.1 Å². The Kier molecular flexibility index (Phi) is 7.19. The van der Waals surface area contributed by atoms with Gasteiger partial charge in [0.25, 0.3) is 5.91 Å². The molecular weight excluding hydrogens is 442 g/mol. The second kappa shape index (κ2) is 9.72. The zero-order valence-corrected chi connectivity index (χ0v) is 20.5. The highest BCUT2D eigenvalue weighted by Crippen LogP contribution is 2.29. The first-order valence-electron chi connectivity index (χ1n) is 10.6. The minimum atomic E-state index is -3.78. The van der Waals surface area contributed by atoms with E-state index in [1.165, 1.54) is 26.2 Å². The summed E-state index contributed by atoms with van der Waals surface area (Å²) in [6, 6.07) is 12.3. The lowest BCUT2D eigenvalue weighted by atomic mass is 10.0. The molecule has 1 N–H and O–H groups in total. The van der Waals surface area contributed by atoms with E-state index in [1.807, 2.05) is 24.3 Å². The number of hydrogen-bond acceptors (Lipinski definition) is 6. The van der Waals surface area contributed by atoms with E-state index >= 15 is 0 Å². The number of nitrogens with one attached hydrogen (secondary N) is 1. The van der Waals surface area contributed by atoms with Crippen molar-refractivity contribution in [2.24, 2.45) is 0 Å². The first kappa shape index (κ1) is 24.4. The standard InChI is InChI=1S/C23H29N5O4S/c1-7-32-20-13-12-17(14-21(20)33(30,31)27(5)6)25-23(29)22-24-16(4)28(26-22)19-11-9-8-10-18(19)15(2)3/h8-15H,7H2,1-6H3,(H,25,29). The Morgan fingerprint density at radius 2 is 1.88 bits per heavy atom. The SMILES string of the molecule is CCOc1ccc(NC(=O)c2nc(C)n(-c3ccccc3C(C)C)n2)cc1S(=O)(=O)N(C)C. The Morgan fingerprint density at radius 1 is 1.18 bits per heavy atom. The van der Waals surface area contributed by atoms with Crippen LogP contribution in [0.1, 0.15) is 48.7 Å². The fraction of sp³-hybridized carbons (Fsp3) is 0.348. The average Bonchev–Trinajstić information content (AvgIpc) is 3.16. The Balaban J connectivity index is 1.94. The first-order chi connectivity index (χ1) is 15.6. The van der Waals surface area contributed by atoms with Crippen LogP contribution in [0.4, 0.5) is 5.69 Å². The molecule has 0 aliphatic rings. The van der Waals surface area contributed by atoms with Gasteiger partial charge in [0.05, 0.1) is 12.3 Å². The van der Waals surface area contributed by atoms with Crippen LogP contribution in [-0.2, 0) is 10.0 Å². The smallest absolute Gasteiger partial charge is 0.295 e. The average molecular weight is 472 g/mol. The second-order valence-corrected chi connectivity index (χ2v) is 10.1. The van der Waals surface area contributed by atoms with Crippen molar-refractivity contribution in [1.82, 2.24) is 19.1 Å². The molecule has 0 bridgehead atoms. The number of carbonyl (C=O) groups excluding carboxylic acids is 1. The molecule has 0 radical (unpaired) electrons. The summed E-state index contributed by atoms with van der Waals surface area (Å²) in [5, 5.41) is 7.10. The van der Waals surface area contributed by atoms with Gasteiger partial charge in [0, 0.05) is 19.8 Å². The number of para-hydroxylation sites is 1. The van der Waals surface area contributed by atoms with E-state index in [2.05, 4.69) is 29.2 Å². The van der Waals surface area contributed by atoms with Crippen LogP contribution in [0.2, 0.25) is 0 Å². The normalized spacial score (nSPS) is 11.8. The van der Waals surface area contributed by atoms with Gasteiger partial charge in [-0.25, -0.2) is 22.4 Å². The lowest BCUT2D eigenvalue weighted by molar-refractivity contribution is 0.101. The van der Waals surface area contributed by atoms with Gasteiger partial charge in [-0.05, 0) is 49.6 Å². The van der Waals surface area contributed by atoms with Gasteiger partial charge in [-0.15, -0.1) is 5.10 Å². The van der Waals surface area contributed by atoms with Crippen molar-refractivity contribution in [3.8, 4) is 11.4 Å². The molecule has 1 heterocycles. The summed E-state index contributed by atoms with van der Waals surface area (Å²) in [6.07, 6.45) is 0. The highest BCUT2D eigenvalue weighted by molar-refractivity contribution is 7.89. The van der Waals surface area contributed by atoms with E-state index in [-0.39, 0.29) is 22.4 Å². The second-order valence-electron chi connectivity index (χ2n) is 7.94. The van der Waals surface area contributed by atoms with Gasteiger partial charge in [0.2, 0.25) is 15.8 Å². The molecule has 33 heavy (non-hydrogen) atoms. The van der Waals surface area contributed by atoms with Crippen LogP contribution in [0.15, 0.2) is 47.4 Å². The molecule has 0 atom stereocenters. The number of hydrogen-bond donors (Lipinski definition) is 1. The molecule has 1 aromatic heterocycles. The fourth-order valence-corrected chi connectivity index (χ4v) is 4.38. The quantitative estimate of drug-likeness (QED) is 0.538. The lowest BCUT2D eigenvalue weighted by Gasteiger charge is -2.16. The van der Waals surface area contributed by atoms with Gasteiger partial charge in [0.1, 0.15) is 16.5 Å². The Bertz CT molecular complexity index is 1270. The third-order valence-corrected chi connectivity index (χ3v) is 6.86. The highest BCUT2D eigenvalue weighted by atomic mass is 32.2. The summed E-state index contributed by atoms with van der Waals surface area (Å²) in [6.45, 7) is 8.02. The molecule has 0 fully saturated rings. The van der Waals surface area contributed by atoms with E-state index in [9.17, 15) is 13.2 Å². The minimum absolute atomic E-state index is 0.0167. The number of nitrogens with zero attached hydrogens (tertiary/aromatic N) is 4. The molecule has 0 aliphatic carbocycles. The van der Waals surface area contributed by atoms with Crippen LogP contribution >= 0.6 is 0 Å². The topological polar surface area (TPSA) is 106 Å². The molecule has 0 saturated carbocycles. The predicted octanol–water partition coefficient (Wildman–Crippen LogP) is 3.60. The number of rotatable bonds is 8. The van der Waals surface area contributed by atoms with E-state index < -0.39 is 15.9 Å². The molecule has 0 saturated heterocycles. The van der Waals surface area contributed by atoms with Crippen LogP contribution in [0.5, 0.6) is 5.75 Å². The maximum atomic E-state index is 12.9. The van der Waals surface area contributed by atoms with Crippen molar-refractivity contribution in [3.05, 3.63) is 59.7 Å². The molecule has 0 aliphatic heterocycles. The molecule has 3 aromatic rings. The van der Waals surface area contributed by atoms with E-state index in [0.29, 0.717) is 18.1 Å². The van der Waals surface area contributed by atoms with Gasteiger partial charge in [0.15, 0.2) is 0 Å². The molecule has 0 spiro atoms. The predicted molar refractivity (Wildman–Crippen MR) is 127 cm³/mol. The van der Waals surface area contributed by atoms with Crippen molar-refractivity contribution < 1.29 is 17.9 Å². The molecule has 3 rings (SSSR count). The Hall–Kier alpha value is -3.24. The number of ether oxygens (including phenoxy) is 1. The number of anilines is 1. The summed E-state index contributed by atoms with van der Waals surface area (Å²) >= 11 is 0. The molecule has 1 amide bonds. The van der Waals surface area contributed by atoms with E-state index in [1.54, 1.807) is 24.6 Å². The third-order valence-electron chi connectivity index (χ3n) is 5.02. The van der Waals surface area contributed by atoms with E-state index in [4.69, 9.17) is 4.74 Å². The zero-order valence-electron chi connectivity index (χ0n) is 19.7. The molecule has 2 aromatic carbocycles. The maximum absolute atomic E-state index is 12.9. The van der Waals surface area contributed by atoms with Crippen LogP contribution < -0.4 is 10.1 Å². The number of amides is 1. The number of aryl methyl sites for hydroxylation is 1. The van der Waals surface area contributed by atoms with Crippen LogP contribution in [0.3, 0.4) is 0 Å². The third kappa shape index (κ3) is 5.07. The zero-order chi connectivity index (χ0) is 24.3. The van der Waals surface area contributed by atoms with Crippen molar-refractivity contribution in [2.45, 2.75) is 38.5 Å². The maximum Gasteiger partial charge on any atom is 0.295 e. The van der Waals surface area contributed by atoms with Crippen molar-refractivity contribution in [1.29, 1.82) is 0 Å². The van der Waals surface area contributed by atoms with Crippen LogP contribution in [0, 0.1) is 6.92 Å². The Morgan fingerprint density at radius 3 is 2.52 bits per heavy atom. The lowest BCUT2D eigenvalue weighted by Crippen LogP contribution is -2.23. The van der Waals surface area contributed by atoms with Crippen LogP contribution in [-0.4, -0.2) is 54.1 Å². The molecule has 176 valence electrons. The summed E-state index contributed by atoms with van der Waals surface area (Å²) in [5.41, 5.74) is 2.24. The van der Waals surface area contributed by atoms with Crippen LogP contribution in [0.25, 0.3) is 5.69 Å². The molecular formula is C23H29N5O4S. The highest BCUT2D eigenvalue weighted by Gasteiger charge is 2.24. The van der Waals surface area contributed by atoms with Gasteiger partial charge in [-0.1, -0.05) is 32.0 Å². The summed E-state index contributed by atoms with van der Waals surface area (Å²) in [7, 11) is -0.912. The van der Waals surface area contributed by atoms with E-state index in [0.717, 1.165) is 15.6 Å². The molecule has 10 heteroatoms. The largest absolute Gasteiger partial charge is 0.492 e. The summed E-state index contributed by atoms with van der Waals surface area (Å²) in [5.74, 6) is 0.486. The number of sulfonamides is 1. The Labute approximate surface area is 194 Å². The van der Waals surface area contributed by atoms with Crippen molar-refractivity contribution >= 4 is 21.6 Å². The first-order valence-corrected chi connectivity index (χ1v) is 12.0. The number of aromatic nitrogens is 3. The van der Waals surface area contributed by atoms with Crippen molar-refractivity contribution in [3.63, 3.8) is 0 Å². The molecule has 0 unspecified atom stereocenters. The number of benzene rings is 2. The summed E-state index contributed by atoms with van der Waals surface area (Å²) in [4.78, 5) is 17.2. The number of carbonyl (C=O) groups is 1. The van der Waals surface area contributed by atoms with Gasteiger partial charge >= 0.3 is 0 Å². The van der Waals surface area contributed by atoms with Gasteiger partial charge in [-0.3, -0.25) is 4.79 Å². The monoisotopic (exact) mass is 471 g/mol. The van der Waals surface area contributed by atoms with Gasteiger partial charge in [-0.2, -0.15) is 0 Å². The molecule has 9 nitrogen and oxygen atoms in total. The minimum Gasteiger partial charge on any atom is -0.492 e. The summed E-state index contributed by atoms with van der Waals surface area (Å²) < 4.78 is 33.7. The fourth-order valence-electron chi connectivity index (χ4n) is 3.33.